The van der Waals surface area contributed by atoms with Gasteiger partial charge in [-0.3, -0.25) is 14.9 Å². The number of amides is 1. The minimum Gasteiger partial charge on any atom is -0.379 e. The average molecular weight is 291 g/mol. The first kappa shape index (κ1) is 15.3. The lowest BCUT2D eigenvalue weighted by molar-refractivity contribution is -0.384. The van der Waals surface area contributed by atoms with E-state index in [1.807, 2.05) is 6.92 Å². The van der Waals surface area contributed by atoms with E-state index in [-0.39, 0.29) is 23.2 Å². The predicted molar refractivity (Wildman–Crippen MR) is 81.6 cm³/mol. The van der Waals surface area contributed by atoms with Gasteiger partial charge in [-0.15, -0.1) is 0 Å². The number of nitro benzene ring substituents is 1. The normalized spacial score (nSPS) is 14.9. The number of carbonyl (C=O) groups excluding carboxylic acids is 1. The lowest BCUT2D eigenvalue weighted by Gasteiger charge is -2.13. The van der Waals surface area contributed by atoms with Crippen molar-refractivity contribution in [1.29, 1.82) is 0 Å². The summed E-state index contributed by atoms with van der Waals surface area (Å²) < 4.78 is 0. The van der Waals surface area contributed by atoms with Crippen molar-refractivity contribution in [3.8, 4) is 0 Å². The SMILES string of the molecule is CCCNc1cccc(C(=O)NC2CCCC2)c1[N+](=O)[O-]. The summed E-state index contributed by atoms with van der Waals surface area (Å²) in [7, 11) is 0. The average Bonchev–Trinajstić information content (AvgIpc) is 2.97. The Kier molecular flexibility index (Phi) is 5.14. The number of nitrogens with one attached hydrogen (secondary N) is 2. The van der Waals surface area contributed by atoms with Crippen molar-refractivity contribution in [3.05, 3.63) is 33.9 Å². The van der Waals surface area contributed by atoms with Gasteiger partial charge in [-0.1, -0.05) is 25.8 Å². The number of hydrogen-bond donors (Lipinski definition) is 2. The highest BCUT2D eigenvalue weighted by Crippen LogP contribution is 2.29. The van der Waals surface area contributed by atoms with Gasteiger partial charge >= 0.3 is 5.69 Å². The van der Waals surface area contributed by atoms with Gasteiger partial charge in [-0.05, 0) is 31.4 Å². The third-order valence-corrected chi connectivity index (χ3v) is 3.72. The minimum atomic E-state index is -0.485. The molecule has 1 aliphatic carbocycles. The largest absolute Gasteiger partial charge is 0.379 e. The van der Waals surface area contributed by atoms with Gasteiger partial charge in [0, 0.05) is 12.6 Å². The van der Waals surface area contributed by atoms with Gasteiger partial charge in [0.2, 0.25) is 0 Å². The first-order chi connectivity index (χ1) is 10.1. The Hall–Kier alpha value is -2.11. The zero-order valence-corrected chi connectivity index (χ0v) is 12.2. The van der Waals surface area contributed by atoms with E-state index in [1.165, 1.54) is 6.07 Å². The fraction of sp³-hybridized carbons (Fsp3) is 0.533. The molecule has 1 amide bonds. The predicted octanol–water partition coefficient (Wildman–Crippen LogP) is 3.09. The van der Waals surface area contributed by atoms with Gasteiger partial charge < -0.3 is 10.6 Å². The van der Waals surface area contributed by atoms with Crippen LogP contribution in [0.3, 0.4) is 0 Å². The van der Waals surface area contributed by atoms with Crippen molar-refractivity contribution in [2.75, 3.05) is 11.9 Å². The Morgan fingerprint density at radius 1 is 1.38 bits per heavy atom. The second kappa shape index (κ2) is 7.06. The first-order valence-corrected chi connectivity index (χ1v) is 7.45. The molecule has 0 saturated heterocycles. The number of nitro groups is 1. The van der Waals surface area contributed by atoms with Crippen LogP contribution in [0.4, 0.5) is 11.4 Å². The Bertz CT molecular complexity index is 525. The van der Waals surface area contributed by atoms with Crippen LogP contribution in [0.5, 0.6) is 0 Å². The molecule has 0 aliphatic heterocycles. The van der Waals surface area contributed by atoms with E-state index in [1.54, 1.807) is 12.1 Å². The molecule has 1 saturated carbocycles. The van der Waals surface area contributed by atoms with Crippen LogP contribution in [-0.2, 0) is 0 Å². The smallest absolute Gasteiger partial charge is 0.305 e. The summed E-state index contributed by atoms with van der Waals surface area (Å²) in [5.74, 6) is -0.353. The molecular weight excluding hydrogens is 270 g/mol. The van der Waals surface area contributed by atoms with Crippen molar-refractivity contribution in [3.63, 3.8) is 0 Å². The monoisotopic (exact) mass is 291 g/mol. The van der Waals surface area contributed by atoms with Crippen molar-refractivity contribution in [1.82, 2.24) is 5.32 Å². The summed E-state index contributed by atoms with van der Waals surface area (Å²) in [5, 5.41) is 17.2. The van der Waals surface area contributed by atoms with Crippen molar-refractivity contribution in [2.45, 2.75) is 45.1 Å². The highest BCUT2D eigenvalue weighted by molar-refractivity contribution is 6.00. The van der Waals surface area contributed by atoms with Crippen LogP contribution in [0.2, 0.25) is 0 Å². The van der Waals surface area contributed by atoms with Crippen LogP contribution in [0, 0.1) is 10.1 Å². The summed E-state index contributed by atoms with van der Waals surface area (Å²) in [5.41, 5.74) is 0.398. The van der Waals surface area contributed by atoms with Gasteiger partial charge in [0.25, 0.3) is 5.91 Å². The summed E-state index contributed by atoms with van der Waals surface area (Å²) in [6.07, 6.45) is 4.96. The molecule has 0 atom stereocenters. The minimum absolute atomic E-state index is 0.132. The first-order valence-electron chi connectivity index (χ1n) is 7.45. The molecule has 0 spiro atoms. The Morgan fingerprint density at radius 3 is 2.71 bits per heavy atom. The van der Waals surface area contributed by atoms with Crippen LogP contribution in [0.25, 0.3) is 0 Å². The Morgan fingerprint density at radius 2 is 2.10 bits per heavy atom. The number of hydrogen-bond acceptors (Lipinski definition) is 4. The quantitative estimate of drug-likeness (QED) is 0.623. The van der Waals surface area contributed by atoms with Crippen LogP contribution < -0.4 is 10.6 Å². The molecule has 0 aromatic heterocycles. The summed E-state index contributed by atoms with van der Waals surface area (Å²) >= 11 is 0. The highest BCUT2D eigenvalue weighted by Gasteiger charge is 2.26. The Labute approximate surface area is 124 Å². The molecule has 6 nitrogen and oxygen atoms in total. The molecule has 1 fully saturated rings. The van der Waals surface area contributed by atoms with Gasteiger partial charge in [-0.25, -0.2) is 0 Å². The lowest BCUT2D eigenvalue weighted by Crippen LogP contribution is -2.33. The number of anilines is 1. The molecule has 0 radical (unpaired) electrons. The van der Waals surface area contributed by atoms with E-state index in [9.17, 15) is 14.9 Å². The molecule has 21 heavy (non-hydrogen) atoms. The molecule has 1 aliphatic rings. The van der Waals surface area contributed by atoms with Crippen LogP contribution in [0.15, 0.2) is 18.2 Å². The van der Waals surface area contributed by atoms with Gasteiger partial charge in [-0.2, -0.15) is 0 Å². The topological polar surface area (TPSA) is 84.3 Å². The van der Waals surface area contributed by atoms with Gasteiger partial charge in [0.05, 0.1) is 4.92 Å². The number of carbonyl (C=O) groups is 1. The molecule has 2 N–H and O–H groups in total. The van der Waals surface area contributed by atoms with Crippen molar-refractivity contribution >= 4 is 17.3 Å². The Balaban J connectivity index is 2.24. The fourth-order valence-electron chi connectivity index (χ4n) is 2.66. The number of benzene rings is 1. The maximum absolute atomic E-state index is 12.3. The molecule has 0 heterocycles. The second-order valence-electron chi connectivity index (χ2n) is 5.34. The number of nitrogens with zero attached hydrogens (tertiary/aromatic N) is 1. The molecule has 0 unspecified atom stereocenters. The maximum Gasteiger partial charge on any atom is 0.305 e. The fourth-order valence-corrected chi connectivity index (χ4v) is 2.66. The second-order valence-corrected chi connectivity index (χ2v) is 5.34. The molecular formula is C15H21N3O3. The van der Waals surface area contributed by atoms with E-state index in [4.69, 9.17) is 0 Å². The van der Waals surface area contributed by atoms with Crippen molar-refractivity contribution < 1.29 is 9.72 Å². The van der Waals surface area contributed by atoms with E-state index >= 15 is 0 Å². The zero-order valence-electron chi connectivity index (χ0n) is 12.2. The molecule has 114 valence electrons. The van der Waals surface area contributed by atoms with Crippen LogP contribution >= 0.6 is 0 Å². The van der Waals surface area contributed by atoms with E-state index < -0.39 is 4.92 Å². The summed E-state index contributed by atoms with van der Waals surface area (Å²) in [6.45, 7) is 2.62. The third kappa shape index (κ3) is 3.71. The maximum atomic E-state index is 12.3. The number of rotatable bonds is 6. The number of para-hydroxylation sites is 1. The molecule has 0 bridgehead atoms. The van der Waals surface area contributed by atoms with Crippen LogP contribution in [0.1, 0.15) is 49.4 Å². The standard InChI is InChI=1S/C15H21N3O3/c1-2-10-16-13-9-5-8-12(14(13)18(20)21)15(19)17-11-6-3-4-7-11/h5,8-9,11,16H,2-4,6-7,10H2,1H3,(H,17,19). The van der Waals surface area contributed by atoms with E-state index in [2.05, 4.69) is 10.6 Å². The van der Waals surface area contributed by atoms with Gasteiger partial charge in [0.1, 0.15) is 11.3 Å². The van der Waals surface area contributed by atoms with E-state index in [0.29, 0.717) is 12.2 Å². The van der Waals surface area contributed by atoms with E-state index in [0.717, 1.165) is 32.1 Å². The zero-order chi connectivity index (χ0) is 15.2. The lowest BCUT2D eigenvalue weighted by atomic mass is 10.1. The molecule has 1 aromatic carbocycles. The summed E-state index contributed by atoms with van der Waals surface area (Å²) in [6, 6.07) is 4.97. The van der Waals surface area contributed by atoms with Crippen LogP contribution in [-0.4, -0.2) is 23.4 Å². The van der Waals surface area contributed by atoms with Crippen molar-refractivity contribution in [2.24, 2.45) is 0 Å². The third-order valence-electron chi connectivity index (χ3n) is 3.72. The van der Waals surface area contributed by atoms with Gasteiger partial charge in [0.15, 0.2) is 0 Å². The molecule has 6 heteroatoms. The summed E-state index contributed by atoms with van der Waals surface area (Å²) in [4.78, 5) is 23.2. The molecule has 1 aromatic rings. The molecule has 2 rings (SSSR count). The highest BCUT2D eigenvalue weighted by atomic mass is 16.6.